The van der Waals surface area contributed by atoms with Gasteiger partial charge in [-0.2, -0.15) is 5.26 Å². The van der Waals surface area contributed by atoms with E-state index >= 15 is 0 Å². The highest BCUT2D eigenvalue weighted by Gasteiger charge is 2.34. The minimum atomic E-state index is -0.448. The van der Waals surface area contributed by atoms with Crippen molar-refractivity contribution in [2.75, 3.05) is 26.7 Å². The summed E-state index contributed by atoms with van der Waals surface area (Å²) in [5.74, 6) is -0.375. The van der Waals surface area contributed by atoms with Gasteiger partial charge in [0.05, 0.1) is 39.6 Å². The molecule has 0 bridgehead atoms. The lowest BCUT2D eigenvalue weighted by molar-refractivity contribution is -0.130. The zero-order valence-corrected chi connectivity index (χ0v) is 27.2. The van der Waals surface area contributed by atoms with Gasteiger partial charge in [0.1, 0.15) is 17.9 Å². The number of likely N-dealkylation sites (tertiary alicyclic amines) is 2. The molecule has 5 heterocycles. The second-order valence-corrected chi connectivity index (χ2v) is 12.9. The van der Waals surface area contributed by atoms with Crippen LogP contribution in [-0.4, -0.2) is 79.5 Å². The van der Waals surface area contributed by atoms with Gasteiger partial charge in [-0.3, -0.25) is 9.78 Å². The van der Waals surface area contributed by atoms with Gasteiger partial charge in [0.15, 0.2) is 5.52 Å². The van der Waals surface area contributed by atoms with Crippen molar-refractivity contribution < 1.29 is 13.9 Å². The van der Waals surface area contributed by atoms with Gasteiger partial charge < -0.3 is 14.5 Å². The molecule has 240 valence electrons. The Morgan fingerprint density at radius 3 is 2.81 bits per heavy atom. The molecule has 3 aromatic heterocycles. The highest BCUT2D eigenvalue weighted by Crippen LogP contribution is 2.45. The summed E-state index contributed by atoms with van der Waals surface area (Å²) in [6.45, 7) is 5.45. The Labute approximate surface area is 280 Å². The van der Waals surface area contributed by atoms with E-state index in [-0.39, 0.29) is 46.4 Å². The van der Waals surface area contributed by atoms with Crippen LogP contribution in [0.5, 0.6) is 5.88 Å². The second kappa shape index (κ2) is 12.7. The lowest BCUT2D eigenvalue weighted by Crippen LogP contribution is -2.45. The van der Waals surface area contributed by atoms with E-state index in [1.54, 1.807) is 29.3 Å². The number of pyridine rings is 2. The van der Waals surface area contributed by atoms with Gasteiger partial charge in [0.25, 0.3) is 0 Å². The zero-order valence-electron chi connectivity index (χ0n) is 25.7. The fourth-order valence-electron chi connectivity index (χ4n) is 7.01. The number of piperidine rings is 1. The van der Waals surface area contributed by atoms with Crippen LogP contribution in [0, 0.1) is 17.1 Å². The number of benzene rings is 2. The molecular formula is C34H31Cl2FN8O2. The minimum absolute atomic E-state index is 0.172. The molecule has 1 amide bonds. The van der Waals surface area contributed by atoms with Crippen molar-refractivity contribution in [2.24, 2.45) is 0 Å². The third kappa shape index (κ3) is 5.54. The number of fused-ring (bicyclic) bond motifs is 4. The Balaban J connectivity index is 1.41. The number of aromatic nitrogens is 5. The molecule has 2 aromatic carbocycles. The maximum absolute atomic E-state index is 14.9. The Hall–Kier alpha value is -4.37. The summed E-state index contributed by atoms with van der Waals surface area (Å²) in [6.07, 6.45) is 6.23. The van der Waals surface area contributed by atoms with Crippen LogP contribution in [0.4, 0.5) is 4.39 Å². The van der Waals surface area contributed by atoms with Crippen molar-refractivity contribution in [3.8, 4) is 23.1 Å². The first-order chi connectivity index (χ1) is 22.8. The number of hydrogen-bond donors (Lipinski definition) is 0. The van der Waals surface area contributed by atoms with Crippen LogP contribution in [0.25, 0.3) is 44.0 Å². The smallest absolute Gasteiger partial charge is 0.246 e. The molecule has 47 heavy (non-hydrogen) atoms. The number of nitriles is 1. The van der Waals surface area contributed by atoms with Gasteiger partial charge in [-0.1, -0.05) is 41.1 Å². The predicted octanol–water partition coefficient (Wildman–Crippen LogP) is 6.75. The van der Waals surface area contributed by atoms with E-state index in [2.05, 4.69) is 39.9 Å². The summed E-state index contributed by atoms with van der Waals surface area (Å²) in [5.41, 5.74) is 2.89. The number of nitrogens with zero attached hydrogens (tertiary/aromatic N) is 8. The van der Waals surface area contributed by atoms with Gasteiger partial charge in [0.2, 0.25) is 11.8 Å². The average Bonchev–Trinajstić information content (AvgIpc) is 3.70. The number of halogens is 3. The van der Waals surface area contributed by atoms with Crippen molar-refractivity contribution in [3.63, 3.8) is 0 Å². The molecule has 0 saturated carbocycles. The largest absolute Gasteiger partial charge is 0.474 e. The van der Waals surface area contributed by atoms with Crippen LogP contribution in [0.15, 0.2) is 49.2 Å². The van der Waals surface area contributed by atoms with Crippen LogP contribution in [0.2, 0.25) is 10.0 Å². The first kappa shape index (κ1) is 31.2. The van der Waals surface area contributed by atoms with Gasteiger partial charge in [-0.15, -0.1) is 5.10 Å². The quantitative estimate of drug-likeness (QED) is 0.175. The van der Waals surface area contributed by atoms with Gasteiger partial charge >= 0.3 is 0 Å². The van der Waals surface area contributed by atoms with E-state index in [1.165, 1.54) is 18.2 Å². The van der Waals surface area contributed by atoms with E-state index in [0.29, 0.717) is 70.0 Å². The monoisotopic (exact) mass is 672 g/mol. The molecule has 0 N–H and O–H groups in total. The van der Waals surface area contributed by atoms with E-state index in [4.69, 9.17) is 32.9 Å². The highest BCUT2D eigenvalue weighted by atomic mass is 35.5. The van der Waals surface area contributed by atoms with Crippen molar-refractivity contribution >= 4 is 61.9 Å². The van der Waals surface area contributed by atoms with Gasteiger partial charge in [-0.05, 0) is 69.6 Å². The topological polar surface area (TPSA) is 113 Å². The number of amides is 1. The Morgan fingerprint density at radius 1 is 1.19 bits per heavy atom. The molecule has 10 nitrogen and oxygen atoms in total. The van der Waals surface area contributed by atoms with Crippen LogP contribution in [0.3, 0.4) is 0 Å². The number of carbonyl (C=O) groups excluding carboxylic acids is 1. The van der Waals surface area contributed by atoms with Crippen molar-refractivity contribution in [1.82, 2.24) is 34.8 Å². The van der Waals surface area contributed by atoms with Crippen molar-refractivity contribution in [3.05, 3.63) is 65.0 Å². The summed E-state index contributed by atoms with van der Waals surface area (Å²) in [5, 5.41) is 20.4. The molecule has 7 rings (SSSR count). The van der Waals surface area contributed by atoms with E-state index in [0.717, 1.165) is 19.4 Å². The molecule has 0 radical (unpaired) electrons. The first-order valence-corrected chi connectivity index (χ1v) is 16.3. The van der Waals surface area contributed by atoms with E-state index < -0.39 is 5.82 Å². The molecule has 13 heteroatoms. The average molecular weight is 674 g/mol. The molecule has 2 aliphatic heterocycles. The maximum Gasteiger partial charge on any atom is 0.246 e. The first-order valence-electron chi connectivity index (χ1n) is 15.5. The predicted molar refractivity (Wildman–Crippen MR) is 179 cm³/mol. The third-order valence-corrected chi connectivity index (χ3v) is 10.1. The summed E-state index contributed by atoms with van der Waals surface area (Å²) < 4.78 is 23.1. The normalized spacial score (nSPS) is 20.2. The Morgan fingerprint density at radius 2 is 2.04 bits per heavy atom. The van der Waals surface area contributed by atoms with Gasteiger partial charge in [-0.25, -0.2) is 14.1 Å². The van der Waals surface area contributed by atoms with Crippen LogP contribution < -0.4 is 4.74 Å². The second-order valence-electron chi connectivity index (χ2n) is 12.1. The molecule has 2 fully saturated rings. The number of rotatable bonds is 7. The number of likely N-dealkylation sites (N-methyl/N-ethyl adjacent to an activating group) is 1. The molecule has 3 atom stereocenters. The lowest BCUT2D eigenvalue weighted by atomic mass is 9.94. The van der Waals surface area contributed by atoms with Crippen LogP contribution in [-0.2, 0) is 4.79 Å². The lowest BCUT2D eigenvalue weighted by Gasteiger charge is -2.38. The number of carbonyl (C=O) groups is 1. The van der Waals surface area contributed by atoms with E-state index in [1.807, 2.05) is 4.68 Å². The molecule has 2 aliphatic rings. The summed E-state index contributed by atoms with van der Waals surface area (Å²) in [6, 6.07) is 9.99. The molecule has 0 unspecified atom stereocenters. The molecule has 0 aliphatic carbocycles. The minimum Gasteiger partial charge on any atom is -0.474 e. The Bertz CT molecular complexity index is 2100. The van der Waals surface area contributed by atoms with Crippen molar-refractivity contribution in [1.29, 1.82) is 5.26 Å². The zero-order chi connectivity index (χ0) is 32.8. The molecule has 5 aromatic rings. The fraction of sp³-hybridized carbons (Fsp3) is 0.353. The molecule has 2 saturated heterocycles. The number of hydrogen-bond acceptors (Lipinski definition) is 8. The van der Waals surface area contributed by atoms with Crippen molar-refractivity contribution in [2.45, 2.75) is 50.2 Å². The SMILES string of the molecule is C=CC(=O)N1CC[C@H](n2nnc3c(OC[C@@H]4CCCN4C)nc4c(Cl)c(-c5cc(F)cc6cccnc56)c(Cl)cc4c32)C[C@H]1CC#N. The summed E-state index contributed by atoms with van der Waals surface area (Å²) in [7, 11) is 2.07. The van der Waals surface area contributed by atoms with E-state index in [9.17, 15) is 14.4 Å². The maximum atomic E-state index is 14.9. The highest BCUT2D eigenvalue weighted by molar-refractivity contribution is 6.44. The third-order valence-electron chi connectivity index (χ3n) is 9.40. The number of ether oxygens (including phenoxy) is 1. The van der Waals surface area contributed by atoms with Crippen LogP contribution >= 0.6 is 23.2 Å². The molecular weight excluding hydrogens is 642 g/mol. The Kier molecular flexibility index (Phi) is 8.43. The van der Waals surface area contributed by atoms with Gasteiger partial charge in [0, 0.05) is 46.7 Å². The van der Waals surface area contributed by atoms with Crippen LogP contribution in [0.1, 0.15) is 38.1 Å². The fourth-order valence-corrected chi connectivity index (χ4v) is 7.72. The summed E-state index contributed by atoms with van der Waals surface area (Å²) in [4.78, 5) is 25.9. The summed E-state index contributed by atoms with van der Waals surface area (Å²) >= 11 is 14.2. The standard InChI is InChI=1S/C34H31Cl2FN8O2/c1-3-27(46)44-13-9-22(16-21(44)8-10-38)45-33-25-17-26(35)28(24-15-20(37)14-19-6-4-11-39-30(19)24)29(36)31(25)40-34(32(33)41-42-45)47-18-23-7-5-12-43(23)2/h3-4,6,11,14-15,17,21-23H,1,5,7-9,12-13,16,18H2,2H3/t21-,22+,23+/m1/s1. The molecule has 0 spiro atoms.